The van der Waals surface area contributed by atoms with Crippen molar-refractivity contribution in [3.8, 4) is 0 Å². The summed E-state index contributed by atoms with van der Waals surface area (Å²) in [6, 6.07) is 14.3. The van der Waals surface area contributed by atoms with E-state index in [0.717, 1.165) is 48.3 Å². The van der Waals surface area contributed by atoms with E-state index in [1.54, 1.807) is 0 Å². The normalized spacial score (nSPS) is 15.3. The summed E-state index contributed by atoms with van der Waals surface area (Å²) in [7, 11) is 0. The van der Waals surface area contributed by atoms with Crippen molar-refractivity contribution >= 4 is 51.3 Å². The highest BCUT2D eigenvalue weighted by atomic mass is 127. The van der Waals surface area contributed by atoms with E-state index in [1.807, 2.05) is 24.3 Å². The van der Waals surface area contributed by atoms with Gasteiger partial charge in [0.05, 0.1) is 22.1 Å². The standard InChI is InChI=1S/C16H17ClIN3/c17-13-3-1-2-4-15(13)20-7-9-21(10-8-20)16-6-5-12(18)11-14(16)19/h1-6,11H,7-10,19H2. The summed E-state index contributed by atoms with van der Waals surface area (Å²) in [5, 5.41) is 0.819. The van der Waals surface area contributed by atoms with Crippen LogP contribution in [0.4, 0.5) is 17.1 Å². The van der Waals surface area contributed by atoms with Crippen LogP contribution in [0.5, 0.6) is 0 Å². The highest BCUT2D eigenvalue weighted by molar-refractivity contribution is 14.1. The molecule has 2 aromatic rings. The van der Waals surface area contributed by atoms with Crippen LogP contribution < -0.4 is 15.5 Å². The first kappa shape index (κ1) is 14.8. The molecular formula is C16H17ClIN3. The third kappa shape index (κ3) is 3.21. The number of para-hydroxylation sites is 1. The van der Waals surface area contributed by atoms with E-state index in [4.69, 9.17) is 17.3 Å². The molecule has 0 saturated carbocycles. The number of rotatable bonds is 2. The fraction of sp³-hybridized carbons (Fsp3) is 0.250. The Morgan fingerprint density at radius 3 is 2.14 bits per heavy atom. The van der Waals surface area contributed by atoms with Gasteiger partial charge in [0, 0.05) is 29.7 Å². The Morgan fingerprint density at radius 1 is 0.905 bits per heavy atom. The van der Waals surface area contributed by atoms with Crippen LogP contribution in [0.25, 0.3) is 0 Å². The van der Waals surface area contributed by atoms with Gasteiger partial charge in [-0.15, -0.1) is 0 Å². The molecule has 1 saturated heterocycles. The Balaban J connectivity index is 1.72. The Morgan fingerprint density at radius 2 is 1.52 bits per heavy atom. The lowest BCUT2D eigenvalue weighted by Crippen LogP contribution is -2.46. The third-order valence-corrected chi connectivity index (χ3v) is 4.79. The van der Waals surface area contributed by atoms with Gasteiger partial charge in [-0.3, -0.25) is 0 Å². The highest BCUT2D eigenvalue weighted by Crippen LogP contribution is 2.29. The Hall–Kier alpha value is -1.14. The Bertz CT molecular complexity index is 639. The van der Waals surface area contributed by atoms with Gasteiger partial charge in [0.25, 0.3) is 0 Å². The molecule has 1 aliphatic rings. The number of nitrogens with two attached hydrogens (primary N) is 1. The van der Waals surface area contributed by atoms with E-state index in [9.17, 15) is 0 Å². The number of hydrogen-bond donors (Lipinski definition) is 1. The predicted molar refractivity (Wildman–Crippen MR) is 99.4 cm³/mol. The quantitative estimate of drug-likeness (QED) is 0.599. The lowest BCUT2D eigenvalue weighted by molar-refractivity contribution is 0.654. The maximum atomic E-state index is 6.28. The first-order valence-electron chi connectivity index (χ1n) is 6.94. The zero-order chi connectivity index (χ0) is 14.8. The molecule has 2 N–H and O–H groups in total. The molecule has 2 aromatic carbocycles. The summed E-state index contributed by atoms with van der Waals surface area (Å²) in [4.78, 5) is 4.68. The van der Waals surface area contributed by atoms with Crippen LogP contribution in [-0.2, 0) is 0 Å². The van der Waals surface area contributed by atoms with Gasteiger partial charge in [-0.2, -0.15) is 0 Å². The number of nitrogen functional groups attached to an aromatic ring is 1. The average molecular weight is 414 g/mol. The molecule has 0 amide bonds. The maximum Gasteiger partial charge on any atom is 0.0639 e. The summed E-state index contributed by atoms with van der Waals surface area (Å²) in [5.41, 5.74) is 9.25. The molecule has 1 aliphatic heterocycles. The van der Waals surface area contributed by atoms with E-state index >= 15 is 0 Å². The molecule has 0 aromatic heterocycles. The van der Waals surface area contributed by atoms with Gasteiger partial charge in [0.1, 0.15) is 0 Å². The van der Waals surface area contributed by atoms with Crippen molar-refractivity contribution in [1.29, 1.82) is 0 Å². The second-order valence-electron chi connectivity index (χ2n) is 5.13. The Kier molecular flexibility index (Phi) is 4.45. The van der Waals surface area contributed by atoms with Gasteiger partial charge in [-0.1, -0.05) is 23.7 Å². The largest absolute Gasteiger partial charge is 0.397 e. The molecule has 1 fully saturated rings. The van der Waals surface area contributed by atoms with Gasteiger partial charge in [0.2, 0.25) is 0 Å². The number of anilines is 3. The molecule has 110 valence electrons. The fourth-order valence-electron chi connectivity index (χ4n) is 2.71. The summed E-state index contributed by atoms with van der Waals surface area (Å²) >= 11 is 8.56. The van der Waals surface area contributed by atoms with Crippen molar-refractivity contribution in [3.63, 3.8) is 0 Å². The van der Waals surface area contributed by atoms with Crippen LogP contribution in [0.15, 0.2) is 42.5 Å². The van der Waals surface area contributed by atoms with Crippen LogP contribution in [0, 0.1) is 3.57 Å². The van der Waals surface area contributed by atoms with Crippen molar-refractivity contribution in [1.82, 2.24) is 0 Å². The predicted octanol–water partition coefficient (Wildman–Crippen LogP) is 3.85. The van der Waals surface area contributed by atoms with E-state index < -0.39 is 0 Å². The topological polar surface area (TPSA) is 32.5 Å². The second kappa shape index (κ2) is 6.32. The SMILES string of the molecule is Nc1cc(I)ccc1N1CCN(c2ccccc2Cl)CC1. The second-order valence-corrected chi connectivity index (χ2v) is 6.78. The van der Waals surface area contributed by atoms with E-state index in [-0.39, 0.29) is 0 Å². The minimum Gasteiger partial charge on any atom is -0.397 e. The number of piperazine rings is 1. The molecule has 0 radical (unpaired) electrons. The van der Waals surface area contributed by atoms with Crippen LogP contribution in [0.3, 0.4) is 0 Å². The van der Waals surface area contributed by atoms with E-state index in [2.05, 4.69) is 50.6 Å². The molecular weight excluding hydrogens is 397 g/mol. The van der Waals surface area contributed by atoms with E-state index in [1.165, 1.54) is 3.57 Å². The molecule has 0 spiro atoms. The van der Waals surface area contributed by atoms with Gasteiger partial charge < -0.3 is 15.5 Å². The molecule has 5 heteroatoms. The van der Waals surface area contributed by atoms with Crippen LogP contribution in [-0.4, -0.2) is 26.2 Å². The Labute approximate surface area is 143 Å². The molecule has 0 atom stereocenters. The molecule has 0 bridgehead atoms. The maximum absolute atomic E-state index is 6.28. The van der Waals surface area contributed by atoms with Gasteiger partial charge in [0.15, 0.2) is 0 Å². The van der Waals surface area contributed by atoms with Crippen molar-refractivity contribution in [3.05, 3.63) is 51.1 Å². The molecule has 21 heavy (non-hydrogen) atoms. The minimum absolute atomic E-state index is 0.819. The number of halogens is 2. The number of nitrogens with zero attached hydrogens (tertiary/aromatic N) is 2. The number of benzene rings is 2. The molecule has 3 nitrogen and oxygen atoms in total. The van der Waals surface area contributed by atoms with Gasteiger partial charge in [-0.05, 0) is 52.9 Å². The smallest absolute Gasteiger partial charge is 0.0639 e. The molecule has 1 heterocycles. The van der Waals surface area contributed by atoms with Crippen molar-refractivity contribution in [2.45, 2.75) is 0 Å². The minimum atomic E-state index is 0.819. The summed E-state index contributed by atoms with van der Waals surface area (Å²) in [6.07, 6.45) is 0. The number of hydrogen-bond acceptors (Lipinski definition) is 3. The molecule has 0 unspecified atom stereocenters. The third-order valence-electron chi connectivity index (χ3n) is 3.80. The molecule has 3 rings (SSSR count). The summed E-state index contributed by atoms with van der Waals surface area (Å²) in [5.74, 6) is 0. The van der Waals surface area contributed by atoms with Crippen molar-refractivity contribution in [2.24, 2.45) is 0 Å². The monoisotopic (exact) mass is 413 g/mol. The molecule has 0 aliphatic carbocycles. The first-order chi connectivity index (χ1) is 10.1. The van der Waals surface area contributed by atoms with Gasteiger partial charge >= 0.3 is 0 Å². The fourth-order valence-corrected chi connectivity index (χ4v) is 3.48. The summed E-state index contributed by atoms with van der Waals surface area (Å²) < 4.78 is 1.17. The highest BCUT2D eigenvalue weighted by Gasteiger charge is 2.20. The van der Waals surface area contributed by atoms with Crippen molar-refractivity contribution < 1.29 is 0 Å². The lowest BCUT2D eigenvalue weighted by atomic mass is 10.2. The van der Waals surface area contributed by atoms with Crippen molar-refractivity contribution in [2.75, 3.05) is 41.7 Å². The van der Waals surface area contributed by atoms with E-state index in [0.29, 0.717) is 0 Å². The van der Waals surface area contributed by atoms with Crippen LogP contribution in [0.1, 0.15) is 0 Å². The van der Waals surface area contributed by atoms with Gasteiger partial charge in [-0.25, -0.2) is 0 Å². The lowest BCUT2D eigenvalue weighted by Gasteiger charge is -2.38. The van der Waals surface area contributed by atoms with Crippen LogP contribution >= 0.6 is 34.2 Å². The summed E-state index contributed by atoms with van der Waals surface area (Å²) in [6.45, 7) is 3.82. The first-order valence-corrected chi connectivity index (χ1v) is 8.40. The zero-order valence-corrected chi connectivity index (χ0v) is 14.5. The average Bonchev–Trinajstić information content (AvgIpc) is 2.48. The zero-order valence-electron chi connectivity index (χ0n) is 11.6. The van der Waals surface area contributed by atoms with Crippen LogP contribution in [0.2, 0.25) is 5.02 Å².